The first-order valence-electron chi connectivity index (χ1n) is 8.58. The summed E-state index contributed by atoms with van der Waals surface area (Å²) in [5.74, 6) is 0. The van der Waals surface area contributed by atoms with Gasteiger partial charge in [-0.25, -0.2) is 0 Å². The van der Waals surface area contributed by atoms with Crippen LogP contribution in [-0.2, 0) is 0 Å². The van der Waals surface area contributed by atoms with E-state index in [1.165, 1.54) is 36.2 Å². The van der Waals surface area contributed by atoms with Gasteiger partial charge in [0.1, 0.15) is 5.69 Å². The molecule has 0 spiro atoms. The van der Waals surface area contributed by atoms with Crippen LogP contribution in [0, 0.1) is 30.3 Å². The Balaban J connectivity index is 1.90. The molecule has 3 aromatic rings. The van der Waals surface area contributed by atoms with Crippen molar-refractivity contribution in [3.8, 4) is 0 Å². The highest BCUT2D eigenvalue weighted by Gasteiger charge is 2.19. The maximum absolute atomic E-state index is 11.2. The molecule has 0 amide bonds. The molecule has 1 N–H and O–H groups in total. The van der Waals surface area contributed by atoms with Gasteiger partial charge in [0.05, 0.1) is 27.1 Å². The van der Waals surface area contributed by atoms with E-state index in [0.717, 1.165) is 17.0 Å². The fraction of sp³-hybridized carbons (Fsp3) is 0. The Morgan fingerprint density at radius 3 is 2.10 bits per heavy atom. The van der Waals surface area contributed by atoms with E-state index in [1.807, 2.05) is 30.3 Å². The number of nitrogens with one attached hydrogen (secondary N) is 1. The van der Waals surface area contributed by atoms with Crippen molar-refractivity contribution in [3.05, 3.63) is 103 Å². The zero-order valence-electron chi connectivity index (χ0n) is 15.6. The predicted octanol–water partition coefficient (Wildman–Crippen LogP) is 5.01. The van der Waals surface area contributed by atoms with Gasteiger partial charge in [-0.05, 0) is 24.3 Å². The number of hydrazone groups is 1. The Morgan fingerprint density at radius 1 is 0.806 bits per heavy atom. The van der Waals surface area contributed by atoms with Gasteiger partial charge < -0.3 is 0 Å². The lowest BCUT2D eigenvalue weighted by molar-refractivity contribution is -0.393. The van der Waals surface area contributed by atoms with E-state index in [-0.39, 0.29) is 11.4 Å². The van der Waals surface area contributed by atoms with Crippen LogP contribution in [-0.4, -0.2) is 21.0 Å². The quantitative estimate of drug-likeness (QED) is 0.292. The van der Waals surface area contributed by atoms with Crippen LogP contribution in [0.25, 0.3) is 0 Å². The number of hydrogen-bond donors (Lipinski definition) is 1. The van der Waals surface area contributed by atoms with Gasteiger partial charge in [0.2, 0.25) is 0 Å². The molecule has 11 nitrogen and oxygen atoms in total. The van der Waals surface area contributed by atoms with Crippen molar-refractivity contribution in [3.63, 3.8) is 0 Å². The van der Waals surface area contributed by atoms with Gasteiger partial charge >= 0.3 is 5.69 Å². The van der Waals surface area contributed by atoms with Gasteiger partial charge in [0, 0.05) is 33.6 Å². The average Bonchev–Trinajstić information content (AvgIpc) is 2.75. The third-order valence-corrected chi connectivity index (χ3v) is 5.05. The normalized spacial score (nSPS) is 10.7. The lowest BCUT2D eigenvalue weighted by Gasteiger charge is -2.06. The van der Waals surface area contributed by atoms with Crippen molar-refractivity contribution in [1.29, 1.82) is 0 Å². The van der Waals surface area contributed by atoms with E-state index in [1.54, 1.807) is 6.07 Å². The molecule has 0 aliphatic rings. The summed E-state index contributed by atoms with van der Waals surface area (Å²) in [6.07, 6.45) is 1.30. The SMILES string of the molecule is O=[N+]([O-])c1ccc(Sc2ccccc2)c(/C=N\Nc2ccc([N+](=O)[O-])cc2[N+](=O)[O-])c1. The molecule has 0 saturated carbocycles. The Bertz CT molecular complexity index is 1190. The van der Waals surface area contributed by atoms with Crippen molar-refractivity contribution < 1.29 is 14.8 Å². The van der Waals surface area contributed by atoms with Crippen LogP contribution in [0.4, 0.5) is 22.7 Å². The molecule has 0 aromatic heterocycles. The van der Waals surface area contributed by atoms with Crippen LogP contribution >= 0.6 is 11.8 Å². The molecule has 12 heteroatoms. The molecular weight excluding hydrogens is 426 g/mol. The summed E-state index contributed by atoms with van der Waals surface area (Å²) in [6, 6.07) is 16.7. The second kappa shape index (κ2) is 9.45. The summed E-state index contributed by atoms with van der Waals surface area (Å²) in [6.45, 7) is 0. The van der Waals surface area contributed by atoms with Crippen molar-refractivity contribution in [2.75, 3.05) is 5.43 Å². The minimum atomic E-state index is -0.769. The number of nitrogens with zero attached hydrogens (tertiary/aromatic N) is 4. The van der Waals surface area contributed by atoms with Crippen LogP contribution in [0.15, 0.2) is 81.6 Å². The number of benzene rings is 3. The van der Waals surface area contributed by atoms with Crippen molar-refractivity contribution in [2.45, 2.75) is 9.79 Å². The van der Waals surface area contributed by atoms with Gasteiger partial charge in [-0.15, -0.1) is 0 Å². The molecule has 0 atom stereocenters. The largest absolute Gasteiger partial charge is 0.301 e. The molecule has 0 heterocycles. The van der Waals surface area contributed by atoms with Crippen LogP contribution in [0.3, 0.4) is 0 Å². The van der Waals surface area contributed by atoms with E-state index >= 15 is 0 Å². The maximum Gasteiger partial charge on any atom is 0.301 e. The molecular formula is C19H13N5O6S. The van der Waals surface area contributed by atoms with Gasteiger partial charge in [0.25, 0.3) is 11.4 Å². The van der Waals surface area contributed by atoms with E-state index in [2.05, 4.69) is 10.5 Å². The van der Waals surface area contributed by atoms with Crippen LogP contribution < -0.4 is 5.43 Å². The zero-order valence-corrected chi connectivity index (χ0v) is 16.4. The molecule has 3 rings (SSSR count). The van der Waals surface area contributed by atoms with E-state index in [9.17, 15) is 30.3 Å². The summed E-state index contributed by atoms with van der Waals surface area (Å²) in [4.78, 5) is 32.7. The van der Waals surface area contributed by atoms with Gasteiger partial charge in [-0.3, -0.25) is 35.8 Å². The topological polar surface area (TPSA) is 154 Å². The molecule has 156 valence electrons. The predicted molar refractivity (Wildman–Crippen MR) is 115 cm³/mol. The Labute approximate surface area is 178 Å². The standard InChI is InChI=1S/C19H13N5O6S/c25-22(26)14-7-9-19(31-16-4-2-1-3-5-16)13(10-14)12-20-21-17-8-6-15(23(27)28)11-18(17)24(29)30/h1-12,21H/b20-12-. The highest BCUT2D eigenvalue weighted by atomic mass is 32.2. The third kappa shape index (κ3) is 5.39. The monoisotopic (exact) mass is 439 g/mol. The number of non-ortho nitro benzene ring substituents is 2. The Hall–Kier alpha value is -4.32. The smallest absolute Gasteiger partial charge is 0.272 e. The van der Waals surface area contributed by atoms with Gasteiger partial charge in [-0.2, -0.15) is 5.10 Å². The lowest BCUT2D eigenvalue weighted by Crippen LogP contribution is -1.99. The first-order valence-corrected chi connectivity index (χ1v) is 9.40. The van der Waals surface area contributed by atoms with Crippen LogP contribution in [0.1, 0.15) is 5.56 Å². The molecule has 0 aliphatic carbocycles. The summed E-state index contributed by atoms with van der Waals surface area (Å²) >= 11 is 1.37. The zero-order chi connectivity index (χ0) is 22.4. The summed E-state index contributed by atoms with van der Waals surface area (Å²) in [7, 11) is 0. The Morgan fingerprint density at radius 2 is 1.45 bits per heavy atom. The molecule has 0 radical (unpaired) electrons. The molecule has 0 fully saturated rings. The molecule has 3 aromatic carbocycles. The van der Waals surface area contributed by atoms with Crippen molar-refractivity contribution >= 4 is 40.7 Å². The minimum absolute atomic E-state index is 0.0606. The first kappa shape index (κ1) is 21.4. The van der Waals surface area contributed by atoms with Gasteiger partial charge in [0.15, 0.2) is 0 Å². The number of hydrogen-bond acceptors (Lipinski definition) is 9. The van der Waals surface area contributed by atoms with Crippen molar-refractivity contribution in [2.24, 2.45) is 5.10 Å². The molecule has 0 unspecified atom stereocenters. The number of nitro benzene ring substituents is 3. The molecule has 0 aliphatic heterocycles. The summed E-state index contributed by atoms with van der Waals surface area (Å²) < 4.78 is 0. The molecule has 0 saturated heterocycles. The number of rotatable bonds is 8. The fourth-order valence-electron chi connectivity index (χ4n) is 2.51. The van der Waals surface area contributed by atoms with Crippen molar-refractivity contribution in [1.82, 2.24) is 0 Å². The molecule has 31 heavy (non-hydrogen) atoms. The van der Waals surface area contributed by atoms with Crippen LogP contribution in [0.2, 0.25) is 0 Å². The average molecular weight is 439 g/mol. The second-order valence-electron chi connectivity index (χ2n) is 5.98. The maximum atomic E-state index is 11.2. The number of anilines is 1. The summed E-state index contributed by atoms with van der Waals surface area (Å²) in [5.41, 5.74) is 1.74. The third-order valence-electron chi connectivity index (χ3n) is 3.95. The van der Waals surface area contributed by atoms with E-state index in [0.29, 0.717) is 10.5 Å². The highest BCUT2D eigenvalue weighted by molar-refractivity contribution is 7.99. The van der Waals surface area contributed by atoms with E-state index in [4.69, 9.17) is 0 Å². The number of nitro groups is 3. The second-order valence-corrected chi connectivity index (χ2v) is 7.10. The highest BCUT2D eigenvalue weighted by Crippen LogP contribution is 2.32. The van der Waals surface area contributed by atoms with E-state index < -0.39 is 26.1 Å². The lowest BCUT2D eigenvalue weighted by atomic mass is 10.2. The fourth-order valence-corrected chi connectivity index (χ4v) is 3.42. The Kier molecular flexibility index (Phi) is 6.52. The first-order chi connectivity index (χ1) is 14.8. The summed E-state index contributed by atoms with van der Waals surface area (Å²) in [5, 5.41) is 37.1. The van der Waals surface area contributed by atoms with Gasteiger partial charge in [-0.1, -0.05) is 30.0 Å². The minimum Gasteiger partial charge on any atom is -0.272 e. The molecule has 0 bridgehead atoms. The van der Waals surface area contributed by atoms with Crippen LogP contribution in [0.5, 0.6) is 0 Å².